The Bertz CT molecular complexity index is 805. The molecule has 0 bridgehead atoms. The molecule has 2 aromatic rings. The number of nitrogens with one attached hydrogen (secondary N) is 1. The van der Waals surface area contributed by atoms with Crippen LogP contribution in [0.5, 0.6) is 0 Å². The van der Waals surface area contributed by atoms with Crippen LogP contribution in [0.25, 0.3) is 0 Å². The molecule has 3 rings (SSSR count). The summed E-state index contributed by atoms with van der Waals surface area (Å²) in [5.74, 6) is -0.504. The van der Waals surface area contributed by atoms with Gasteiger partial charge in [-0.1, -0.05) is 30.3 Å². The van der Waals surface area contributed by atoms with Crippen molar-refractivity contribution in [2.75, 3.05) is 19.0 Å². The van der Waals surface area contributed by atoms with Crippen LogP contribution in [0.1, 0.15) is 40.2 Å². The standard InChI is InChI=1S/C20H24N2O3S.ClH/c1-13(2)22-10-9-15-16(12-22)26-19(18(15)20(24)25-3)21-17(23)11-14-7-5-4-6-8-14;/h4-8,13H,9-12H2,1-3H3,(H,21,23);1H/p-1. The van der Waals surface area contributed by atoms with Crippen molar-refractivity contribution >= 4 is 28.2 Å². The van der Waals surface area contributed by atoms with Gasteiger partial charge in [-0.05, 0) is 31.4 Å². The third-order valence-corrected chi connectivity index (χ3v) is 5.80. The molecular weight excluding hydrogens is 384 g/mol. The van der Waals surface area contributed by atoms with Gasteiger partial charge in [-0.15, -0.1) is 11.3 Å². The van der Waals surface area contributed by atoms with Gasteiger partial charge in [0.15, 0.2) is 0 Å². The Kier molecular flexibility index (Phi) is 7.41. The minimum atomic E-state index is -0.379. The molecule has 0 aliphatic carbocycles. The fourth-order valence-corrected chi connectivity index (χ4v) is 4.50. The summed E-state index contributed by atoms with van der Waals surface area (Å²) >= 11 is 1.49. The number of carbonyl (C=O) groups is 2. The van der Waals surface area contributed by atoms with Gasteiger partial charge in [0.05, 0.1) is 19.1 Å². The highest BCUT2D eigenvalue weighted by Crippen LogP contribution is 2.38. The lowest BCUT2D eigenvalue weighted by molar-refractivity contribution is -0.115. The van der Waals surface area contributed by atoms with E-state index in [0.29, 0.717) is 16.6 Å². The summed E-state index contributed by atoms with van der Waals surface area (Å²) in [6, 6.07) is 10.0. The van der Waals surface area contributed by atoms with E-state index in [0.717, 1.165) is 35.5 Å². The number of thiophene rings is 1. The van der Waals surface area contributed by atoms with Gasteiger partial charge < -0.3 is 22.5 Å². The lowest BCUT2D eigenvalue weighted by Crippen LogP contribution is -3.00. The molecule has 1 aliphatic heterocycles. The SMILES string of the molecule is COC(=O)c1c(NC(=O)Cc2ccccc2)sc2c1CCN(C(C)C)C2.[Cl-]. The van der Waals surface area contributed by atoms with Crippen LogP contribution in [-0.2, 0) is 28.9 Å². The molecule has 0 atom stereocenters. The van der Waals surface area contributed by atoms with E-state index in [2.05, 4.69) is 24.1 Å². The first-order valence-electron chi connectivity index (χ1n) is 8.80. The second kappa shape index (κ2) is 9.35. The van der Waals surface area contributed by atoms with E-state index < -0.39 is 0 Å². The Balaban J connectivity index is 0.00000261. The van der Waals surface area contributed by atoms with E-state index in [1.807, 2.05) is 30.3 Å². The van der Waals surface area contributed by atoms with Gasteiger partial charge in [0.2, 0.25) is 5.91 Å². The van der Waals surface area contributed by atoms with E-state index in [1.165, 1.54) is 18.4 Å². The van der Waals surface area contributed by atoms with Gasteiger partial charge in [-0.2, -0.15) is 0 Å². The summed E-state index contributed by atoms with van der Waals surface area (Å²) in [7, 11) is 1.38. The van der Waals surface area contributed by atoms with Gasteiger partial charge in [-0.3, -0.25) is 9.69 Å². The number of nitrogens with zero attached hydrogens (tertiary/aromatic N) is 1. The Labute approximate surface area is 170 Å². The summed E-state index contributed by atoms with van der Waals surface area (Å²) in [5.41, 5.74) is 2.49. The second-order valence-electron chi connectivity index (χ2n) is 6.72. The number of carbonyl (C=O) groups excluding carboxylic acids is 2. The Morgan fingerprint density at radius 2 is 1.96 bits per heavy atom. The first-order valence-corrected chi connectivity index (χ1v) is 9.62. The topological polar surface area (TPSA) is 58.6 Å². The predicted molar refractivity (Wildman–Crippen MR) is 104 cm³/mol. The van der Waals surface area contributed by atoms with Crippen molar-refractivity contribution in [1.82, 2.24) is 4.90 Å². The Morgan fingerprint density at radius 3 is 2.59 bits per heavy atom. The minimum absolute atomic E-state index is 0. The highest BCUT2D eigenvalue weighted by atomic mass is 35.5. The summed E-state index contributed by atoms with van der Waals surface area (Å²) in [4.78, 5) is 28.3. The van der Waals surface area contributed by atoms with Crippen molar-refractivity contribution in [2.24, 2.45) is 0 Å². The smallest absolute Gasteiger partial charge is 0.341 e. The monoisotopic (exact) mass is 407 g/mol. The summed E-state index contributed by atoms with van der Waals surface area (Å²) in [5, 5.41) is 3.54. The molecule has 5 nitrogen and oxygen atoms in total. The van der Waals surface area contributed by atoms with Gasteiger partial charge in [0, 0.05) is 24.0 Å². The number of fused-ring (bicyclic) bond motifs is 1. The van der Waals surface area contributed by atoms with Crippen molar-refractivity contribution < 1.29 is 26.7 Å². The Hall–Kier alpha value is -1.89. The number of hydrogen-bond acceptors (Lipinski definition) is 5. The number of esters is 1. The van der Waals surface area contributed by atoms with Crippen LogP contribution in [0, 0.1) is 0 Å². The number of anilines is 1. The summed E-state index contributed by atoms with van der Waals surface area (Å²) < 4.78 is 4.98. The molecule has 7 heteroatoms. The van der Waals surface area contributed by atoms with Gasteiger partial charge >= 0.3 is 5.97 Å². The van der Waals surface area contributed by atoms with Crippen LogP contribution in [0.2, 0.25) is 0 Å². The first-order chi connectivity index (χ1) is 12.5. The zero-order valence-electron chi connectivity index (χ0n) is 15.8. The third kappa shape index (κ3) is 4.89. The molecule has 2 heterocycles. The maximum Gasteiger partial charge on any atom is 0.341 e. The fourth-order valence-electron chi connectivity index (χ4n) is 3.22. The van der Waals surface area contributed by atoms with E-state index in [9.17, 15) is 9.59 Å². The second-order valence-corrected chi connectivity index (χ2v) is 7.83. The van der Waals surface area contributed by atoms with Crippen LogP contribution in [0.15, 0.2) is 30.3 Å². The lowest BCUT2D eigenvalue weighted by atomic mass is 10.0. The first kappa shape index (κ1) is 21.4. The largest absolute Gasteiger partial charge is 1.00 e. The lowest BCUT2D eigenvalue weighted by Gasteiger charge is -2.30. The van der Waals surface area contributed by atoms with Crippen molar-refractivity contribution in [2.45, 2.75) is 39.3 Å². The highest BCUT2D eigenvalue weighted by Gasteiger charge is 2.29. The molecule has 1 amide bonds. The number of halogens is 1. The van der Waals surface area contributed by atoms with Crippen LogP contribution >= 0.6 is 11.3 Å². The number of amides is 1. The van der Waals surface area contributed by atoms with Crippen LogP contribution < -0.4 is 17.7 Å². The van der Waals surface area contributed by atoms with Crippen molar-refractivity contribution in [3.05, 3.63) is 51.9 Å². The molecule has 0 radical (unpaired) electrons. The van der Waals surface area contributed by atoms with Crippen LogP contribution in [0.4, 0.5) is 5.00 Å². The quantitative estimate of drug-likeness (QED) is 0.733. The van der Waals surface area contributed by atoms with Crippen molar-refractivity contribution in [3.63, 3.8) is 0 Å². The Morgan fingerprint density at radius 1 is 1.26 bits per heavy atom. The third-order valence-electron chi connectivity index (χ3n) is 4.67. The molecule has 1 aromatic carbocycles. The van der Waals surface area contributed by atoms with Gasteiger partial charge in [-0.25, -0.2) is 4.79 Å². The minimum Gasteiger partial charge on any atom is -1.00 e. The molecular formula is C20H24ClN2O3S-. The number of benzene rings is 1. The normalized spacial score (nSPS) is 13.6. The number of rotatable bonds is 5. The number of ether oxygens (including phenoxy) is 1. The van der Waals surface area contributed by atoms with E-state index in [-0.39, 0.29) is 30.7 Å². The van der Waals surface area contributed by atoms with Gasteiger partial charge in [0.25, 0.3) is 0 Å². The maximum absolute atomic E-state index is 12.5. The molecule has 1 aromatic heterocycles. The molecule has 0 saturated carbocycles. The molecule has 0 spiro atoms. The number of methoxy groups -OCH3 is 1. The highest BCUT2D eigenvalue weighted by molar-refractivity contribution is 7.17. The molecule has 0 saturated heterocycles. The molecule has 1 aliphatic rings. The van der Waals surface area contributed by atoms with Crippen molar-refractivity contribution in [1.29, 1.82) is 0 Å². The van der Waals surface area contributed by atoms with Crippen LogP contribution in [0.3, 0.4) is 0 Å². The predicted octanol–water partition coefficient (Wildman–Crippen LogP) is 0.486. The molecule has 0 fully saturated rings. The van der Waals surface area contributed by atoms with Crippen molar-refractivity contribution in [3.8, 4) is 0 Å². The molecule has 0 unspecified atom stereocenters. The van der Waals surface area contributed by atoms with Gasteiger partial charge in [0.1, 0.15) is 5.00 Å². The van der Waals surface area contributed by atoms with E-state index in [4.69, 9.17) is 4.74 Å². The average molecular weight is 408 g/mol. The zero-order valence-corrected chi connectivity index (χ0v) is 17.3. The van der Waals surface area contributed by atoms with E-state index in [1.54, 1.807) is 0 Å². The maximum atomic E-state index is 12.5. The summed E-state index contributed by atoms with van der Waals surface area (Å²) in [6.45, 7) is 6.05. The average Bonchev–Trinajstić information content (AvgIpc) is 2.98. The zero-order chi connectivity index (χ0) is 18.7. The molecule has 27 heavy (non-hydrogen) atoms. The summed E-state index contributed by atoms with van der Waals surface area (Å²) in [6.07, 6.45) is 1.07. The molecule has 1 N–H and O–H groups in total. The van der Waals surface area contributed by atoms with E-state index >= 15 is 0 Å². The van der Waals surface area contributed by atoms with Crippen LogP contribution in [-0.4, -0.2) is 36.5 Å². The fraction of sp³-hybridized carbons (Fsp3) is 0.400. The molecule has 146 valence electrons. The number of hydrogen-bond donors (Lipinski definition) is 1.